The Balaban J connectivity index is 1.47. The van der Waals surface area contributed by atoms with Crippen molar-refractivity contribution in [3.8, 4) is 23.0 Å². The maximum absolute atomic E-state index is 13.8. The Bertz CT molecular complexity index is 1550. The number of carboxylic acid groups (broad SMARTS) is 1. The second-order valence-electron chi connectivity index (χ2n) is 8.11. The lowest BCUT2D eigenvalue weighted by molar-refractivity contribution is 0.101. The van der Waals surface area contributed by atoms with Gasteiger partial charge >= 0.3 is 6.16 Å². The topological polar surface area (TPSA) is 121 Å². The van der Waals surface area contributed by atoms with Crippen molar-refractivity contribution in [1.82, 2.24) is 4.31 Å². The highest BCUT2D eigenvalue weighted by Crippen LogP contribution is 2.48. The highest BCUT2D eigenvalue weighted by molar-refractivity contribution is 8.08. The Morgan fingerprint density at radius 3 is 2.46 bits per heavy atom. The number of thioether (sulfide) groups is 1. The van der Waals surface area contributed by atoms with Gasteiger partial charge in [0.15, 0.2) is 23.0 Å². The summed E-state index contributed by atoms with van der Waals surface area (Å²) in [4.78, 5) is 12.8. The minimum absolute atomic E-state index is 0.0357. The summed E-state index contributed by atoms with van der Waals surface area (Å²) in [5.41, 5.74) is 0.894. The number of hydrogen-bond donors (Lipinski definition) is 1. The van der Waals surface area contributed by atoms with Crippen molar-refractivity contribution in [3.05, 3.63) is 77.7 Å². The number of ether oxygens (including phenoxy) is 5. The van der Waals surface area contributed by atoms with Gasteiger partial charge in [-0.05, 0) is 42.0 Å². The fourth-order valence-corrected chi connectivity index (χ4v) is 6.97. The molecule has 12 heteroatoms. The van der Waals surface area contributed by atoms with Crippen molar-refractivity contribution >= 4 is 32.8 Å². The number of hydrogen-bond acceptors (Lipinski definition) is 9. The van der Waals surface area contributed by atoms with Crippen LogP contribution < -0.4 is 18.9 Å². The summed E-state index contributed by atoms with van der Waals surface area (Å²) in [7, 11) is -4.17. The van der Waals surface area contributed by atoms with E-state index in [9.17, 15) is 18.3 Å². The van der Waals surface area contributed by atoms with Gasteiger partial charge in [-0.15, -0.1) is 0 Å². The molecular weight excluding hydrogens is 522 g/mol. The molecule has 37 heavy (non-hydrogen) atoms. The van der Waals surface area contributed by atoms with E-state index in [4.69, 9.17) is 23.7 Å². The zero-order valence-electron chi connectivity index (χ0n) is 19.1. The third kappa shape index (κ3) is 4.27. The second kappa shape index (κ2) is 9.12. The molecule has 3 aromatic carbocycles. The van der Waals surface area contributed by atoms with Crippen LogP contribution in [0.1, 0.15) is 11.1 Å². The van der Waals surface area contributed by atoms with Crippen molar-refractivity contribution in [1.29, 1.82) is 0 Å². The lowest BCUT2D eigenvalue weighted by Crippen LogP contribution is -2.36. The first-order valence-electron chi connectivity index (χ1n) is 11.1. The van der Waals surface area contributed by atoms with Crippen molar-refractivity contribution in [2.45, 2.75) is 16.3 Å². The van der Waals surface area contributed by atoms with Crippen LogP contribution in [0.3, 0.4) is 0 Å². The van der Waals surface area contributed by atoms with Crippen LogP contribution in [0.5, 0.6) is 23.0 Å². The Hall–Kier alpha value is -4.03. The quantitative estimate of drug-likeness (QED) is 0.462. The zero-order valence-corrected chi connectivity index (χ0v) is 20.7. The minimum Gasteiger partial charge on any atom is -0.486 e. The maximum atomic E-state index is 13.8. The van der Waals surface area contributed by atoms with Crippen LogP contribution in [0.4, 0.5) is 4.79 Å². The summed E-state index contributed by atoms with van der Waals surface area (Å²) < 4.78 is 55.7. The molecule has 3 aliphatic rings. The number of benzene rings is 3. The molecule has 0 radical (unpaired) electrons. The average Bonchev–Trinajstić information content (AvgIpc) is 3.36. The first-order valence-corrected chi connectivity index (χ1v) is 13.4. The number of carbonyl (C=O) groups is 1. The summed E-state index contributed by atoms with van der Waals surface area (Å²) in [6.45, 7) is 0.698. The van der Waals surface area contributed by atoms with E-state index in [0.29, 0.717) is 57.1 Å². The maximum Gasteiger partial charge on any atom is 0.512 e. The molecule has 0 spiro atoms. The van der Waals surface area contributed by atoms with Crippen molar-refractivity contribution in [2.24, 2.45) is 0 Å². The van der Waals surface area contributed by atoms with Crippen LogP contribution in [0, 0.1) is 0 Å². The predicted molar refractivity (Wildman–Crippen MR) is 131 cm³/mol. The molecule has 0 aliphatic carbocycles. The molecule has 3 aliphatic heterocycles. The second-order valence-corrected chi connectivity index (χ2v) is 11.0. The lowest BCUT2D eigenvalue weighted by Gasteiger charge is -2.32. The predicted octanol–water partition coefficient (Wildman–Crippen LogP) is 4.50. The van der Waals surface area contributed by atoms with Crippen molar-refractivity contribution < 1.29 is 42.0 Å². The van der Waals surface area contributed by atoms with Gasteiger partial charge in [0, 0.05) is 10.5 Å². The molecule has 6 rings (SSSR count). The van der Waals surface area contributed by atoms with Crippen LogP contribution in [0.25, 0.3) is 4.91 Å². The fraction of sp³-hybridized carbons (Fsp3) is 0.160. The van der Waals surface area contributed by atoms with E-state index >= 15 is 0 Å². The minimum atomic E-state index is -4.17. The first-order chi connectivity index (χ1) is 17.9. The van der Waals surface area contributed by atoms with Crippen LogP contribution in [0.2, 0.25) is 0 Å². The van der Waals surface area contributed by atoms with Crippen LogP contribution in [0.15, 0.2) is 76.3 Å². The number of rotatable bonds is 5. The molecule has 0 bridgehead atoms. The monoisotopic (exact) mass is 541 g/mol. The molecule has 3 heterocycles. The summed E-state index contributed by atoms with van der Waals surface area (Å²) >= 11 is 1.17. The van der Waals surface area contributed by atoms with Gasteiger partial charge in [-0.2, -0.15) is 0 Å². The van der Waals surface area contributed by atoms with E-state index in [1.165, 1.54) is 17.8 Å². The normalized spacial score (nSPS) is 16.8. The highest BCUT2D eigenvalue weighted by Gasteiger charge is 2.40. The van der Waals surface area contributed by atoms with Gasteiger partial charge in [-0.1, -0.05) is 36.0 Å². The third-order valence-corrected chi connectivity index (χ3v) is 8.68. The number of sulfonamides is 1. The highest BCUT2D eigenvalue weighted by atomic mass is 32.2. The third-order valence-electron chi connectivity index (χ3n) is 5.80. The largest absolute Gasteiger partial charge is 0.512 e. The fourth-order valence-electron chi connectivity index (χ4n) is 4.18. The molecule has 0 saturated carbocycles. The number of nitrogens with zero attached hydrogens (tertiary/aromatic N) is 1. The van der Waals surface area contributed by atoms with Gasteiger partial charge in [0.25, 0.3) is 10.0 Å². The standard InChI is InChI=1S/C25H19NO9S2/c27-25(28)35-24-23(36-16-6-8-19-21(12-16)34-14-33-19)17-3-1-2-4-22(17)37(29,30)26(24)13-15-5-7-18-20(11-15)32-10-9-31-18/h1-8,11-12H,9-10,13-14H2,(H,27,28). The van der Waals surface area contributed by atoms with Gasteiger partial charge < -0.3 is 28.8 Å². The van der Waals surface area contributed by atoms with Crippen LogP contribution in [-0.4, -0.2) is 44.0 Å². The lowest BCUT2D eigenvalue weighted by atomic mass is 10.2. The molecule has 0 saturated heterocycles. The van der Waals surface area contributed by atoms with E-state index in [1.807, 2.05) is 0 Å². The smallest absolute Gasteiger partial charge is 0.486 e. The molecule has 0 aromatic heterocycles. The molecule has 10 nitrogen and oxygen atoms in total. The summed E-state index contributed by atoms with van der Waals surface area (Å²) in [5, 5.41) is 9.58. The summed E-state index contributed by atoms with van der Waals surface area (Å²) in [6.07, 6.45) is -1.64. The van der Waals surface area contributed by atoms with Gasteiger partial charge in [0.2, 0.25) is 12.7 Å². The van der Waals surface area contributed by atoms with Crippen LogP contribution >= 0.6 is 11.8 Å². The molecule has 0 fully saturated rings. The van der Waals surface area contributed by atoms with Gasteiger partial charge in [-0.3, -0.25) is 0 Å². The molecular formula is C25H19NO9S2. The van der Waals surface area contributed by atoms with E-state index in [1.54, 1.807) is 54.6 Å². The van der Waals surface area contributed by atoms with E-state index in [0.717, 1.165) is 4.31 Å². The van der Waals surface area contributed by atoms with E-state index < -0.39 is 16.2 Å². The molecule has 0 atom stereocenters. The molecule has 190 valence electrons. The van der Waals surface area contributed by atoms with E-state index in [2.05, 4.69) is 0 Å². The molecule has 0 unspecified atom stereocenters. The Kier molecular flexibility index (Phi) is 5.76. The van der Waals surface area contributed by atoms with Crippen LogP contribution in [-0.2, 0) is 21.3 Å². The summed E-state index contributed by atoms with van der Waals surface area (Å²) in [5.74, 6) is 1.85. The first kappa shape index (κ1) is 23.4. The average molecular weight is 542 g/mol. The Morgan fingerprint density at radius 2 is 1.62 bits per heavy atom. The van der Waals surface area contributed by atoms with Gasteiger partial charge in [-0.25, -0.2) is 17.5 Å². The van der Waals surface area contributed by atoms with Crippen molar-refractivity contribution in [2.75, 3.05) is 20.0 Å². The van der Waals surface area contributed by atoms with E-state index in [-0.39, 0.29) is 24.1 Å². The summed E-state index contributed by atoms with van der Waals surface area (Å²) in [6, 6.07) is 16.7. The van der Waals surface area contributed by atoms with Gasteiger partial charge in [0.05, 0.1) is 16.3 Å². The van der Waals surface area contributed by atoms with Gasteiger partial charge in [0.1, 0.15) is 13.2 Å². The number of fused-ring (bicyclic) bond motifs is 3. The van der Waals surface area contributed by atoms with Crippen molar-refractivity contribution in [3.63, 3.8) is 0 Å². The molecule has 0 amide bonds. The SMILES string of the molecule is O=C(O)OC1=C(Sc2ccc3c(c2)OCO3)c2ccccc2S(=O)(=O)N1Cc1ccc2c(c1)OCCO2. The zero-order chi connectivity index (χ0) is 25.6. The Morgan fingerprint density at radius 1 is 0.919 bits per heavy atom. The Labute approximate surface area is 216 Å². The molecule has 1 N–H and O–H groups in total. The molecule has 3 aromatic rings.